The van der Waals surface area contributed by atoms with Crippen LogP contribution in [0.2, 0.25) is 0 Å². The Labute approximate surface area is 126 Å². The number of nitrogens with one attached hydrogen (secondary N) is 1. The standard InChI is InChI=1S/C16H24N4O/c1-12-5-4-8-20(11-12)16-17-9-13(10-18-16)15(21)19-14-6-2-3-7-14/h9-10,12,14H,2-8,11H2,1H3,(H,19,21). The third-order valence-corrected chi connectivity index (χ3v) is 4.53. The van der Waals surface area contributed by atoms with Gasteiger partial charge in [0.2, 0.25) is 5.95 Å². The number of piperidine rings is 1. The van der Waals surface area contributed by atoms with Gasteiger partial charge in [-0.3, -0.25) is 4.79 Å². The van der Waals surface area contributed by atoms with Crippen LogP contribution in [0.3, 0.4) is 0 Å². The molecule has 5 heteroatoms. The first-order chi connectivity index (χ1) is 10.2. The van der Waals surface area contributed by atoms with Crippen molar-refractivity contribution >= 4 is 11.9 Å². The fraction of sp³-hybridized carbons (Fsp3) is 0.688. The van der Waals surface area contributed by atoms with Crippen molar-refractivity contribution in [2.75, 3.05) is 18.0 Å². The van der Waals surface area contributed by atoms with Gasteiger partial charge in [0.15, 0.2) is 0 Å². The van der Waals surface area contributed by atoms with E-state index in [-0.39, 0.29) is 5.91 Å². The predicted octanol–water partition coefficient (Wildman–Crippen LogP) is 2.39. The summed E-state index contributed by atoms with van der Waals surface area (Å²) in [5, 5.41) is 3.07. The predicted molar refractivity (Wildman–Crippen MR) is 82.4 cm³/mol. The summed E-state index contributed by atoms with van der Waals surface area (Å²) in [4.78, 5) is 23.1. The summed E-state index contributed by atoms with van der Waals surface area (Å²) in [5.74, 6) is 1.40. The molecule has 0 radical (unpaired) electrons. The number of anilines is 1. The van der Waals surface area contributed by atoms with Gasteiger partial charge in [-0.2, -0.15) is 0 Å². The van der Waals surface area contributed by atoms with Crippen LogP contribution in [0.15, 0.2) is 12.4 Å². The van der Waals surface area contributed by atoms with Gasteiger partial charge in [0, 0.05) is 31.5 Å². The SMILES string of the molecule is CC1CCCN(c2ncc(C(=O)NC3CCCC3)cn2)C1. The minimum absolute atomic E-state index is 0.0412. The van der Waals surface area contributed by atoms with Gasteiger partial charge in [0.05, 0.1) is 5.56 Å². The highest BCUT2D eigenvalue weighted by atomic mass is 16.1. The van der Waals surface area contributed by atoms with Crippen LogP contribution in [0, 0.1) is 5.92 Å². The summed E-state index contributed by atoms with van der Waals surface area (Å²) < 4.78 is 0. The molecule has 1 saturated heterocycles. The van der Waals surface area contributed by atoms with Crippen molar-refractivity contribution in [2.24, 2.45) is 5.92 Å². The lowest BCUT2D eigenvalue weighted by atomic mass is 10.0. The normalized spacial score (nSPS) is 23.3. The highest BCUT2D eigenvalue weighted by molar-refractivity contribution is 5.93. The summed E-state index contributed by atoms with van der Waals surface area (Å²) in [6.45, 7) is 4.28. The average Bonchev–Trinajstić information content (AvgIpc) is 3.00. The van der Waals surface area contributed by atoms with Crippen molar-refractivity contribution in [3.05, 3.63) is 18.0 Å². The highest BCUT2D eigenvalue weighted by Crippen LogP contribution is 2.20. The first-order valence-corrected chi connectivity index (χ1v) is 8.10. The van der Waals surface area contributed by atoms with Gasteiger partial charge >= 0.3 is 0 Å². The van der Waals surface area contributed by atoms with Crippen molar-refractivity contribution in [3.8, 4) is 0 Å². The van der Waals surface area contributed by atoms with E-state index in [9.17, 15) is 4.79 Å². The molecule has 1 amide bonds. The second kappa shape index (κ2) is 6.41. The topological polar surface area (TPSA) is 58.1 Å². The van der Waals surface area contributed by atoms with Crippen LogP contribution in [0.25, 0.3) is 0 Å². The van der Waals surface area contributed by atoms with Gasteiger partial charge in [0.25, 0.3) is 5.91 Å². The number of hydrogen-bond acceptors (Lipinski definition) is 4. The molecular formula is C16H24N4O. The van der Waals surface area contributed by atoms with Crippen molar-refractivity contribution in [3.63, 3.8) is 0 Å². The summed E-state index contributed by atoms with van der Waals surface area (Å²) in [6.07, 6.45) is 10.4. The van der Waals surface area contributed by atoms with Crippen molar-refractivity contribution in [1.29, 1.82) is 0 Å². The fourth-order valence-electron chi connectivity index (χ4n) is 3.31. The van der Waals surface area contributed by atoms with E-state index in [0.29, 0.717) is 17.5 Å². The maximum absolute atomic E-state index is 12.1. The zero-order valence-corrected chi connectivity index (χ0v) is 12.7. The molecule has 2 fully saturated rings. The Hall–Kier alpha value is -1.65. The smallest absolute Gasteiger partial charge is 0.254 e. The van der Waals surface area contributed by atoms with E-state index in [1.165, 1.54) is 25.7 Å². The number of rotatable bonds is 3. The number of carbonyl (C=O) groups is 1. The minimum Gasteiger partial charge on any atom is -0.349 e. The molecule has 0 spiro atoms. The molecule has 114 valence electrons. The van der Waals surface area contributed by atoms with Crippen LogP contribution >= 0.6 is 0 Å². The average molecular weight is 288 g/mol. The van der Waals surface area contributed by atoms with Crippen LogP contribution in [0.5, 0.6) is 0 Å². The molecule has 21 heavy (non-hydrogen) atoms. The Morgan fingerprint density at radius 3 is 2.57 bits per heavy atom. The quantitative estimate of drug-likeness (QED) is 0.928. The molecule has 1 aliphatic heterocycles. The van der Waals surface area contributed by atoms with Gasteiger partial charge < -0.3 is 10.2 Å². The van der Waals surface area contributed by atoms with Gasteiger partial charge in [-0.15, -0.1) is 0 Å². The van der Waals surface area contributed by atoms with Crippen LogP contribution in [-0.2, 0) is 0 Å². The molecule has 3 rings (SSSR count). The van der Waals surface area contributed by atoms with Crippen LogP contribution in [-0.4, -0.2) is 35.0 Å². The Morgan fingerprint density at radius 1 is 1.19 bits per heavy atom. The van der Waals surface area contributed by atoms with E-state index in [1.807, 2.05) is 0 Å². The van der Waals surface area contributed by atoms with E-state index < -0.39 is 0 Å². The number of amides is 1. The first kappa shape index (κ1) is 14.3. The largest absolute Gasteiger partial charge is 0.349 e. The molecule has 0 bridgehead atoms. The molecule has 2 heterocycles. The van der Waals surface area contributed by atoms with Gasteiger partial charge in [-0.25, -0.2) is 9.97 Å². The number of nitrogens with zero attached hydrogens (tertiary/aromatic N) is 3. The Morgan fingerprint density at radius 2 is 1.90 bits per heavy atom. The lowest BCUT2D eigenvalue weighted by Gasteiger charge is -2.30. The zero-order valence-electron chi connectivity index (χ0n) is 12.7. The number of hydrogen-bond donors (Lipinski definition) is 1. The summed E-state index contributed by atoms with van der Waals surface area (Å²) in [5.41, 5.74) is 0.565. The van der Waals surface area contributed by atoms with Gasteiger partial charge in [0.1, 0.15) is 0 Å². The van der Waals surface area contributed by atoms with Crippen molar-refractivity contribution in [2.45, 2.75) is 51.5 Å². The van der Waals surface area contributed by atoms with E-state index in [1.54, 1.807) is 12.4 Å². The van der Waals surface area contributed by atoms with Crippen molar-refractivity contribution < 1.29 is 4.79 Å². The third kappa shape index (κ3) is 3.52. The zero-order chi connectivity index (χ0) is 14.7. The Balaban J connectivity index is 1.61. The number of carbonyl (C=O) groups excluding carboxylic acids is 1. The third-order valence-electron chi connectivity index (χ3n) is 4.53. The highest BCUT2D eigenvalue weighted by Gasteiger charge is 2.20. The van der Waals surface area contributed by atoms with E-state index >= 15 is 0 Å². The molecular weight excluding hydrogens is 264 g/mol. The van der Waals surface area contributed by atoms with Gasteiger partial charge in [-0.1, -0.05) is 19.8 Å². The molecule has 1 aromatic heterocycles. The Kier molecular flexibility index (Phi) is 4.36. The van der Waals surface area contributed by atoms with Crippen LogP contribution < -0.4 is 10.2 Å². The summed E-state index contributed by atoms with van der Waals surface area (Å²) >= 11 is 0. The summed E-state index contributed by atoms with van der Waals surface area (Å²) in [7, 11) is 0. The summed E-state index contributed by atoms with van der Waals surface area (Å²) in [6, 6.07) is 0.333. The second-order valence-electron chi connectivity index (χ2n) is 6.42. The molecule has 1 aliphatic carbocycles. The molecule has 1 N–H and O–H groups in total. The van der Waals surface area contributed by atoms with E-state index in [4.69, 9.17) is 0 Å². The molecule has 1 atom stereocenters. The second-order valence-corrected chi connectivity index (χ2v) is 6.42. The molecule has 1 saturated carbocycles. The van der Waals surface area contributed by atoms with Crippen LogP contribution in [0.4, 0.5) is 5.95 Å². The van der Waals surface area contributed by atoms with E-state index in [2.05, 4.69) is 27.1 Å². The molecule has 1 aromatic rings. The fourth-order valence-corrected chi connectivity index (χ4v) is 3.31. The van der Waals surface area contributed by atoms with Crippen LogP contribution in [0.1, 0.15) is 55.8 Å². The minimum atomic E-state index is -0.0412. The molecule has 0 aromatic carbocycles. The molecule has 5 nitrogen and oxygen atoms in total. The maximum Gasteiger partial charge on any atom is 0.254 e. The molecule has 1 unspecified atom stereocenters. The Bertz CT molecular complexity index is 482. The molecule has 2 aliphatic rings. The van der Waals surface area contributed by atoms with Crippen molar-refractivity contribution in [1.82, 2.24) is 15.3 Å². The first-order valence-electron chi connectivity index (χ1n) is 8.10. The number of aromatic nitrogens is 2. The maximum atomic E-state index is 12.1. The lowest BCUT2D eigenvalue weighted by molar-refractivity contribution is 0.0937. The van der Waals surface area contributed by atoms with E-state index in [0.717, 1.165) is 31.9 Å². The van der Waals surface area contributed by atoms with Gasteiger partial charge in [-0.05, 0) is 31.6 Å². The lowest BCUT2D eigenvalue weighted by Crippen LogP contribution is -2.36. The monoisotopic (exact) mass is 288 g/mol.